The summed E-state index contributed by atoms with van der Waals surface area (Å²) in [5, 5.41) is 6.68. The zero-order valence-electron chi connectivity index (χ0n) is 18.0. The van der Waals surface area contributed by atoms with E-state index in [0.29, 0.717) is 18.1 Å². The zero-order valence-corrected chi connectivity index (χ0v) is 18.8. The van der Waals surface area contributed by atoms with Gasteiger partial charge in [0.2, 0.25) is 11.8 Å². The minimum atomic E-state index is -0.306. The Labute approximate surface area is 191 Å². The maximum atomic E-state index is 11.9. The number of nitrogens with one attached hydrogen (secondary N) is 2. The highest BCUT2D eigenvalue weighted by Gasteiger charge is 2.10. The fraction of sp³-hybridized carbons (Fsp3) is 0.217. The van der Waals surface area contributed by atoms with Crippen LogP contribution in [0.15, 0.2) is 61.3 Å². The van der Waals surface area contributed by atoms with Gasteiger partial charge in [0.25, 0.3) is 0 Å². The van der Waals surface area contributed by atoms with Crippen molar-refractivity contribution in [1.82, 2.24) is 20.2 Å². The summed E-state index contributed by atoms with van der Waals surface area (Å²) in [5.74, 6) is 0.688. The van der Waals surface area contributed by atoms with E-state index in [1.165, 1.54) is 11.0 Å². The third-order valence-corrected chi connectivity index (χ3v) is 5.31. The molecule has 0 saturated carbocycles. The number of hydrogen-bond donors (Lipinski definition) is 2. The van der Waals surface area contributed by atoms with Crippen molar-refractivity contribution in [3.05, 3.63) is 67.0 Å². The number of aryl methyl sites for hydroxylation is 1. The van der Waals surface area contributed by atoms with Crippen LogP contribution in [0, 0.1) is 6.92 Å². The maximum absolute atomic E-state index is 11.9. The molecule has 0 unspecified atom stereocenters. The lowest BCUT2D eigenvalue weighted by molar-refractivity contribution is -0.131. The molecule has 2 amide bonds. The average molecular weight is 452 g/mol. The van der Waals surface area contributed by atoms with Gasteiger partial charge in [-0.15, -0.1) is 0 Å². The Hall–Kier alpha value is -3.72. The standard InChI is InChI=1S/C23H25N5O3S/c1-4-22(30)28(3)15-21(29)24-10-11-31-18-12-16(2)26-20(13-18)27-23-25-14-19(32-23)17-8-6-5-7-9-17/h4-9,12-14H,1,10-11,15H2,2-3H3,(H,24,29)(H,25,26,27). The summed E-state index contributed by atoms with van der Waals surface area (Å²) in [6.45, 7) is 5.83. The minimum Gasteiger partial charge on any atom is -0.492 e. The summed E-state index contributed by atoms with van der Waals surface area (Å²) in [6, 6.07) is 13.7. The molecule has 3 rings (SSSR count). The number of benzene rings is 1. The molecule has 2 aromatic heterocycles. The van der Waals surface area contributed by atoms with Crippen molar-refractivity contribution < 1.29 is 14.3 Å². The first kappa shape index (κ1) is 23.0. The van der Waals surface area contributed by atoms with Gasteiger partial charge < -0.3 is 20.3 Å². The number of thiazole rings is 1. The molecule has 0 radical (unpaired) electrons. The molecule has 0 aliphatic rings. The van der Waals surface area contributed by atoms with Crippen LogP contribution in [0.5, 0.6) is 5.75 Å². The molecule has 0 bridgehead atoms. The van der Waals surface area contributed by atoms with E-state index in [2.05, 4.69) is 27.2 Å². The van der Waals surface area contributed by atoms with Gasteiger partial charge in [0.05, 0.1) is 18.0 Å². The predicted octanol–water partition coefficient (Wildman–Crippen LogP) is 3.40. The molecule has 0 fully saturated rings. The van der Waals surface area contributed by atoms with Crippen LogP contribution in [-0.2, 0) is 9.59 Å². The fourth-order valence-corrected chi connectivity index (χ4v) is 3.65. The Kier molecular flexibility index (Phi) is 7.93. The van der Waals surface area contributed by atoms with Crippen molar-refractivity contribution in [2.45, 2.75) is 6.92 Å². The Morgan fingerprint density at radius 3 is 2.78 bits per heavy atom. The van der Waals surface area contributed by atoms with E-state index in [1.54, 1.807) is 24.5 Å². The van der Waals surface area contributed by atoms with Crippen molar-refractivity contribution in [2.24, 2.45) is 0 Å². The molecule has 3 aromatic rings. The number of aromatic nitrogens is 2. The lowest BCUT2D eigenvalue weighted by Crippen LogP contribution is -2.39. The summed E-state index contributed by atoms with van der Waals surface area (Å²) in [7, 11) is 1.54. The van der Waals surface area contributed by atoms with Crippen LogP contribution in [-0.4, -0.2) is 53.4 Å². The number of pyridine rings is 1. The van der Waals surface area contributed by atoms with E-state index < -0.39 is 0 Å². The van der Waals surface area contributed by atoms with Crippen LogP contribution >= 0.6 is 11.3 Å². The molecule has 2 N–H and O–H groups in total. The molecular formula is C23H25N5O3S. The molecule has 0 atom stereocenters. The van der Waals surface area contributed by atoms with E-state index in [-0.39, 0.29) is 25.0 Å². The molecule has 9 heteroatoms. The monoisotopic (exact) mass is 451 g/mol. The molecule has 0 aliphatic heterocycles. The number of nitrogens with zero attached hydrogens (tertiary/aromatic N) is 3. The van der Waals surface area contributed by atoms with Gasteiger partial charge >= 0.3 is 0 Å². The number of hydrogen-bond acceptors (Lipinski definition) is 7. The Bertz CT molecular complexity index is 1080. The highest BCUT2D eigenvalue weighted by Crippen LogP contribution is 2.30. The van der Waals surface area contributed by atoms with Crippen LogP contribution in [0.2, 0.25) is 0 Å². The second kappa shape index (κ2) is 11.1. The van der Waals surface area contributed by atoms with Crippen LogP contribution in [0.1, 0.15) is 5.69 Å². The van der Waals surface area contributed by atoms with E-state index in [9.17, 15) is 9.59 Å². The quantitative estimate of drug-likeness (QED) is 0.362. The number of carbonyl (C=O) groups is 2. The third kappa shape index (κ3) is 6.64. The summed E-state index contributed by atoms with van der Waals surface area (Å²) in [4.78, 5) is 34.6. The van der Waals surface area contributed by atoms with E-state index in [4.69, 9.17) is 4.74 Å². The predicted molar refractivity (Wildman–Crippen MR) is 126 cm³/mol. The number of ether oxygens (including phenoxy) is 1. The number of likely N-dealkylation sites (N-methyl/N-ethyl adjacent to an activating group) is 1. The van der Waals surface area contributed by atoms with Crippen molar-refractivity contribution in [3.8, 4) is 16.2 Å². The molecule has 2 heterocycles. The van der Waals surface area contributed by atoms with Gasteiger partial charge in [-0.2, -0.15) is 0 Å². The molecule has 8 nitrogen and oxygen atoms in total. The van der Waals surface area contributed by atoms with Crippen molar-refractivity contribution in [3.63, 3.8) is 0 Å². The van der Waals surface area contributed by atoms with E-state index in [0.717, 1.165) is 21.3 Å². The van der Waals surface area contributed by atoms with Gasteiger partial charge in [0.15, 0.2) is 5.13 Å². The maximum Gasteiger partial charge on any atom is 0.246 e. The Morgan fingerprint density at radius 2 is 2.03 bits per heavy atom. The smallest absolute Gasteiger partial charge is 0.246 e. The largest absolute Gasteiger partial charge is 0.492 e. The number of carbonyl (C=O) groups excluding carboxylic acids is 2. The first-order valence-corrected chi connectivity index (χ1v) is 10.8. The van der Waals surface area contributed by atoms with Crippen LogP contribution in [0.3, 0.4) is 0 Å². The van der Waals surface area contributed by atoms with Crippen LogP contribution < -0.4 is 15.4 Å². The SMILES string of the molecule is C=CC(=O)N(C)CC(=O)NCCOc1cc(C)nc(Nc2ncc(-c3ccccc3)s2)c1. The van der Waals surface area contributed by atoms with Crippen LogP contribution in [0.4, 0.5) is 10.9 Å². The van der Waals surface area contributed by atoms with Gasteiger partial charge in [-0.3, -0.25) is 9.59 Å². The van der Waals surface area contributed by atoms with E-state index in [1.807, 2.05) is 49.5 Å². The van der Waals surface area contributed by atoms with Gasteiger partial charge in [0.1, 0.15) is 18.2 Å². The zero-order chi connectivity index (χ0) is 22.9. The highest BCUT2D eigenvalue weighted by molar-refractivity contribution is 7.18. The topological polar surface area (TPSA) is 96.5 Å². The lowest BCUT2D eigenvalue weighted by Gasteiger charge is -2.15. The van der Waals surface area contributed by atoms with Crippen molar-refractivity contribution >= 4 is 34.1 Å². The van der Waals surface area contributed by atoms with Crippen LogP contribution in [0.25, 0.3) is 10.4 Å². The number of rotatable bonds is 10. The second-order valence-electron chi connectivity index (χ2n) is 6.95. The Morgan fingerprint density at radius 1 is 1.25 bits per heavy atom. The van der Waals surface area contributed by atoms with E-state index >= 15 is 0 Å². The first-order chi connectivity index (χ1) is 15.4. The molecule has 32 heavy (non-hydrogen) atoms. The molecule has 166 valence electrons. The normalized spacial score (nSPS) is 10.3. The highest BCUT2D eigenvalue weighted by atomic mass is 32.1. The average Bonchev–Trinajstić information content (AvgIpc) is 3.24. The molecule has 0 spiro atoms. The molecule has 1 aromatic carbocycles. The first-order valence-electron chi connectivity index (χ1n) is 9.98. The summed E-state index contributed by atoms with van der Waals surface area (Å²) in [5.41, 5.74) is 1.90. The Balaban J connectivity index is 1.51. The minimum absolute atomic E-state index is 0.0356. The fourth-order valence-electron chi connectivity index (χ4n) is 2.83. The van der Waals surface area contributed by atoms with Gasteiger partial charge in [-0.1, -0.05) is 48.2 Å². The van der Waals surface area contributed by atoms with Crippen molar-refractivity contribution in [1.29, 1.82) is 0 Å². The second-order valence-corrected chi connectivity index (χ2v) is 7.98. The summed E-state index contributed by atoms with van der Waals surface area (Å²) >= 11 is 1.54. The number of anilines is 2. The molecular weight excluding hydrogens is 426 g/mol. The molecule has 0 aliphatic carbocycles. The van der Waals surface area contributed by atoms with Gasteiger partial charge in [-0.25, -0.2) is 9.97 Å². The summed E-state index contributed by atoms with van der Waals surface area (Å²) in [6.07, 6.45) is 3.00. The van der Waals surface area contributed by atoms with Gasteiger partial charge in [-0.05, 0) is 18.6 Å². The number of amides is 2. The summed E-state index contributed by atoms with van der Waals surface area (Å²) < 4.78 is 5.76. The third-order valence-electron chi connectivity index (χ3n) is 4.35. The lowest BCUT2D eigenvalue weighted by atomic mass is 10.2. The molecule has 0 saturated heterocycles. The van der Waals surface area contributed by atoms with Crippen molar-refractivity contribution in [2.75, 3.05) is 32.1 Å². The van der Waals surface area contributed by atoms with Gasteiger partial charge in [0, 0.05) is 31.1 Å².